The Morgan fingerprint density at radius 2 is 2.00 bits per heavy atom. The molecule has 13 heavy (non-hydrogen) atoms. The van der Waals surface area contributed by atoms with Crippen molar-refractivity contribution in [2.75, 3.05) is 6.61 Å². The third-order valence-corrected chi connectivity index (χ3v) is 1.74. The van der Waals surface area contributed by atoms with Gasteiger partial charge in [-0.25, -0.2) is 0 Å². The van der Waals surface area contributed by atoms with Gasteiger partial charge in [-0.05, 0) is 19.1 Å². The van der Waals surface area contributed by atoms with Crippen molar-refractivity contribution in [1.29, 1.82) is 0 Å². The lowest BCUT2D eigenvalue weighted by atomic mass is 10.1. The van der Waals surface area contributed by atoms with Gasteiger partial charge in [-0.15, -0.1) is 0 Å². The highest BCUT2D eigenvalue weighted by Crippen LogP contribution is 2.34. The molecule has 0 aliphatic heterocycles. The Kier molecular flexibility index (Phi) is 2.52. The van der Waals surface area contributed by atoms with Crippen LogP contribution in [-0.4, -0.2) is 16.8 Å². The molecular formula is C9H10F2O2. The van der Waals surface area contributed by atoms with Crippen LogP contribution < -0.4 is 0 Å². The Balaban J connectivity index is 3.20. The maximum absolute atomic E-state index is 12.9. The zero-order chi connectivity index (χ0) is 10.1. The minimum Gasteiger partial charge on any atom is -0.507 e. The predicted octanol–water partition coefficient (Wildman–Crippen LogP) is 1.78. The number of benzene rings is 1. The van der Waals surface area contributed by atoms with Crippen LogP contribution in [0.25, 0.3) is 0 Å². The van der Waals surface area contributed by atoms with E-state index in [-0.39, 0.29) is 0 Å². The normalized spacial score (nSPS) is 11.7. The maximum Gasteiger partial charge on any atom is 0.299 e. The molecule has 72 valence electrons. The number of alkyl halides is 2. The number of hydrogen-bond donors (Lipinski definition) is 2. The van der Waals surface area contributed by atoms with Gasteiger partial charge >= 0.3 is 0 Å². The highest BCUT2D eigenvalue weighted by Gasteiger charge is 2.33. The molecule has 2 N–H and O–H groups in total. The number of rotatable bonds is 2. The van der Waals surface area contributed by atoms with E-state index < -0.39 is 23.8 Å². The number of aliphatic hydroxyl groups excluding tert-OH is 1. The van der Waals surface area contributed by atoms with Gasteiger partial charge < -0.3 is 10.2 Å². The first-order valence-electron chi connectivity index (χ1n) is 3.76. The standard InChI is InChI=1S/C9H10F2O2/c1-6-2-3-8(13)7(4-6)9(10,11)5-12/h2-4,12-13H,5H2,1H3. The van der Waals surface area contributed by atoms with Gasteiger partial charge in [0, 0.05) is 0 Å². The van der Waals surface area contributed by atoms with Crippen molar-refractivity contribution in [1.82, 2.24) is 0 Å². The zero-order valence-corrected chi connectivity index (χ0v) is 7.09. The van der Waals surface area contributed by atoms with Crippen molar-refractivity contribution < 1.29 is 19.0 Å². The summed E-state index contributed by atoms with van der Waals surface area (Å²) in [4.78, 5) is 0. The molecule has 0 aromatic heterocycles. The van der Waals surface area contributed by atoms with Gasteiger partial charge in [0.25, 0.3) is 5.92 Å². The van der Waals surface area contributed by atoms with Crippen LogP contribution >= 0.6 is 0 Å². The van der Waals surface area contributed by atoms with Crippen molar-refractivity contribution >= 4 is 0 Å². The second kappa shape index (κ2) is 3.30. The van der Waals surface area contributed by atoms with E-state index in [1.165, 1.54) is 12.1 Å². The topological polar surface area (TPSA) is 40.5 Å². The number of halogens is 2. The molecule has 4 heteroatoms. The van der Waals surface area contributed by atoms with Crippen LogP contribution in [0.15, 0.2) is 18.2 Å². The first kappa shape index (κ1) is 9.92. The van der Waals surface area contributed by atoms with Gasteiger partial charge in [-0.2, -0.15) is 8.78 Å². The quantitative estimate of drug-likeness (QED) is 0.742. The summed E-state index contributed by atoms with van der Waals surface area (Å²) in [5, 5.41) is 17.5. The van der Waals surface area contributed by atoms with Crippen LogP contribution in [0.5, 0.6) is 5.75 Å². The molecule has 0 unspecified atom stereocenters. The molecule has 0 heterocycles. The molecule has 0 spiro atoms. The summed E-state index contributed by atoms with van der Waals surface area (Å²) < 4.78 is 25.8. The molecule has 0 saturated heterocycles. The predicted molar refractivity (Wildman–Crippen MR) is 43.8 cm³/mol. The summed E-state index contributed by atoms with van der Waals surface area (Å²) >= 11 is 0. The lowest BCUT2D eigenvalue weighted by molar-refractivity contribution is -0.0571. The number of phenols is 1. The van der Waals surface area contributed by atoms with E-state index in [1.54, 1.807) is 6.92 Å². The Bertz CT molecular complexity index is 310. The fraction of sp³-hybridized carbons (Fsp3) is 0.333. The first-order chi connectivity index (χ1) is 5.97. The summed E-state index contributed by atoms with van der Waals surface area (Å²) in [6, 6.07) is 3.87. The molecule has 0 aliphatic carbocycles. The van der Waals surface area contributed by atoms with Gasteiger partial charge in [0.05, 0.1) is 5.56 Å². The third-order valence-electron chi connectivity index (χ3n) is 1.74. The summed E-state index contributed by atoms with van der Waals surface area (Å²) in [5.74, 6) is -3.87. The van der Waals surface area contributed by atoms with Crippen LogP contribution in [0.2, 0.25) is 0 Å². The Morgan fingerprint density at radius 1 is 1.38 bits per heavy atom. The van der Waals surface area contributed by atoms with Gasteiger partial charge in [0.1, 0.15) is 12.4 Å². The van der Waals surface area contributed by atoms with E-state index in [4.69, 9.17) is 10.2 Å². The minimum atomic E-state index is -3.38. The van der Waals surface area contributed by atoms with E-state index >= 15 is 0 Å². The summed E-state index contributed by atoms with van der Waals surface area (Å²) in [6.45, 7) is 0.334. The first-order valence-corrected chi connectivity index (χ1v) is 3.76. The lowest BCUT2D eigenvalue weighted by Crippen LogP contribution is -2.18. The largest absolute Gasteiger partial charge is 0.507 e. The van der Waals surface area contributed by atoms with Gasteiger partial charge in [-0.3, -0.25) is 0 Å². The minimum absolute atomic E-state index is 0.496. The lowest BCUT2D eigenvalue weighted by Gasteiger charge is -2.15. The second-order valence-electron chi connectivity index (χ2n) is 2.88. The number of aryl methyl sites for hydroxylation is 1. The summed E-state index contributed by atoms with van der Waals surface area (Å²) in [7, 11) is 0. The molecule has 0 bridgehead atoms. The van der Waals surface area contributed by atoms with Crippen molar-refractivity contribution in [3.05, 3.63) is 29.3 Å². The van der Waals surface area contributed by atoms with E-state index in [0.717, 1.165) is 6.07 Å². The Labute approximate surface area is 74.4 Å². The van der Waals surface area contributed by atoms with Gasteiger partial charge in [0.2, 0.25) is 0 Å². The molecule has 0 fully saturated rings. The maximum atomic E-state index is 12.9. The number of aromatic hydroxyl groups is 1. The fourth-order valence-corrected chi connectivity index (χ4v) is 1.03. The van der Waals surface area contributed by atoms with E-state index in [1.807, 2.05) is 0 Å². The fourth-order valence-electron chi connectivity index (χ4n) is 1.03. The molecule has 1 aromatic carbocycles. The molecule has 0 saturated carbocycles. The van der Waals surface area contributed by atoms with Crippen LogP contribution in [0.4, 0.5) is 8.78 Å². The SMILES string of the molecule is Cc1ccc(O)c(C(F)(F)CO)c1. The van der Waals surface area contributed by atoms with Crippen LogP contribution in [-0.2, 0) is 5.92 Å². The number of hydrogen-bond acceptors (Lipinski definition) is 2. The molecule has 1 aromatic rings. The molecule has 0 amide bonds. The Morgan fingerprint density at radius 3 is 2.54 bits per heavy atom. The van der Waals surface area contributed by atoms with E-state index in [2.05, 4.69) is 0 Å². The van der Waals surface area contributed by atoms with Gasteiger partial charge in [-0.1, -0.05) is 11.6 Å². The molecule has 0 atom stereocenters. The average Bonchev–Trinajstić information content (AvgIpc) is 2.09. The zero-order valence-electron chi connectivity index (χ0n) is 7.09. The van der Waals surface area contributed by atoms with Crippen molar-refractivity contribution in [2.24, 2.45) is 0 Å². The Hall–Kier alpha value is -1.16. The van der Waals surface area contributed by atoms with Crippen molar-refractivity contribution in [2.45, 2.75) is 12.8 Å². The molecule has 0 radical (unpaired) electrons. The average molecular weight is 188 g/mol. The van der Waals surface area contributed by atoms with Crippen LogP contribution in [0, 0.1) is 6.92 Å². The second-order valence-corrected chi connectivity index (χ2v) is 2.88. The number of phenolic OH excluding ortho intramolecular Hbond substituents is 1. The monoisotopic (exact) mass is 188 g/mol. The van der Waals surface area contributed by atoms with Crippen LogP contribution in [0.3, 0.4) is 0 Å². The van der Waals surface area contributed by atoms with E-state index in [9.17, 15) is 8.78 Å². The smallest absolute Gasteiger partial charge is 0.299 e. The van der Waals surface area contributed by atoms with Crippen LogP contribution in [0.1, 0.15) is 11.1 Å². The third kappa shape index (κ3) is 1.95. The highest BCUT2D eigenvalue weighted by molar-refractivity contribution is 5.38. The molecular weight excluding hydrogens is 178 g/mol. The van der Waals surface area contributed by atoms with Crippen molar-refractivity contribution in [3.8, 4) is 5.75 Å². The van der Waals surface area contributed by atoms with Crippen molar-refractivity contribution in [3.63, 3.8) is 0 Å². The summed E-state index contributed by atoms with van der Waals surface area (Å²) in [5.41, 5.74) is 0.0796. The van der Waals surface area contributed by atoms with Gasteiger partial charge in [0.15, 0.2) is 0 Å². The summed E-state index contributed by atoms with van der Waals surface area (Å²) in [6.07, 6.45) is 0. The molecule has 2 nitrogen and oxygen atoms in total. The highest BCUT2D eigenvalue weighted by atomic mass is 19.3. The van der Waals surface area contributed by atoms with E-state index in [0.29, 0.717) is 5.56 Å². The molecule has 0 aliphatic rings. The number of aliphatic hydroxyl groups is 1. The molecule has 1 rings (SSSR count).